The molecule has 0 unspecified atom stereocenters. The Bertz CT molecular complexity index is 577. The Hall–Kier alpha value is -1.91. The van der Waals surface area contributed by atoms with Gasteiger partial charge in [0.2, 0.25) is 0 Å². The minimum absolute atomic E-state index is 0.0553. The largest absolute Gasteiger partial charge is 0.395 e. The van der Waals surface area contributed by atoms with Crippen molar-refractivity contribution in [1.29, 1.82) is 0 Å². The van der Waals surface area contributed by atoms with Crippen LogP contribution >= 0.6 is 0 Å². The van der Waals surface area contributed by atoms with Crippen molar-refractivity contribution in [3.05, 3.63) is 48.0 Å². The number of hydrogen-bond donors (Lipinski definition) is 1. The molecule has 2 aromatic carbocycles. The second kappa shape index (κ2) is 7.03. The van der Waals surface area contributed by atoms with Gasteiger partial charge in [0.05, 0.1) is 13.2 Å². The molecule has 0 bridgehead atoms. The summed E-state index contributed by atoms with van der Waals surface area (Å²) >= 11 is 0. The molecule has 1 amide bonds. The molecule has 0 radical (unpaired) electrons. The van der Waals surface area contributed by atoms with Gasteiger partial charge < -0.3 is 14.7 Å². The van der Waals surface area contributed by atoms with Gasteiger partial charge in [-0.05, 0) is 16.8 Å². The lowest BCUT2D eigenvalue weighted by molar-refractivity contribution is 0.0658. The standard InChI is InChI=1S/C16H19NO3/c1-20-12-10-17(9-11-18)16(19)15-8-4-6-13-5-2-3-7-14(13)15/h2-8,18H,9-12H2,1H3. The van der Waals surface area contributed by atoms with Crippen molar-refractivity contribution in [3.63, 3.8) is 0 Å². The first-order valence-electron chi connectivity index (χ1n) is 6.64. The van der Waals surface area contributed by atoms with Crippen molar-refractivity contribution in [3.8, 4) is 0 Å². The fourth-order valence-electron chi connectivity index (χ4n) is 2.22. The number of amides is 1. The SMILES string of the molecule is COCCN(CCO)C(=O)c1cccc2ccccc12. The number of hydrogen-bond acceptors (Lipinski definition) is 3. The summed E-state index contributed by atoms with van der Waals surface area (Å²) in [6, 6.07) is 13.5. The number of aliphatic hydroxyl groups is 1. The van der Waals surface area contributed by atoms with Crippen LogP contribution in [0, 0.1) is 0 Å². The number of rotatable bonds is 6. The first-order valence-corrected chi connectivity index (χ1v) is 6.64. The molecule has 0 aliphatic carbocycles. The van der Waals surface area contributed by atoms with Gasteiger partial charge >= 0.3 is 0 Å². The Morgan fingerprint density at radius 1 is 1.15 bits per heavy atom. The van der Waals surface area contributed by atoms with Crippen LogP contribution in [-0.4, -0.2) is 49.3 Å². The molecular weight excluding hydrogens is 254 g/mol. The minimum Gasteiger partial charge on any atom is -0.395 e. The summed E-state index contributed by atoms with van der Waals surface area (Å²) < 4.78 is 5.02. The van der Waals surface area contributed by atoms with Crippen molar-refractivity contribution in [1.82, 2.24) is 4.90 Å². The molecule has 0 heterocycles. The molecule has 0 aliphatic rings. The molecule has 0 aliphatic heterocycles. The van der Waals surface area contributed by atoms with Crippen LogP contribution in [0.25, 0.3) is 10.8 Å². The lowest BCUT2D eigenvalue weighted by Crippen LogP contribution is -2.36. The van der Waals surface area contributed by atoms with Gasteiger partial charge in [-0.2, -0.15) is 0 Å². The van der Waals surface area contributed by atoms with Crippen LogP contribution in [0.3, 0.4) is 0 Å². The van der Waals surface area contributed by atoms with Crippen LogP contribution in [0.1, 0.15) is 10.4 Å². The molecule has 20 heavy (non-hydrogen) atoms. The molecule has 2 rings (SSSR count). The van der Waals surface area contributed by atoms with Crippen LogP contribution < -0.4 is 0 Å². The number of carbonyl (C=O) groups excluding carboxylic acids is 1. The third-order valence-electron chi connectivity index (χ3n) is 3.24. The fraction of sp³-hybridized carbons (Fsp3) is 0.312. The van der Waals surface area contributed by atoms with Gasteiger partial charge in [-0.3, -0.25) is 4.79 Å². The summed E-state index contributed by atoms with van der Waals surface area (Å²) in [5.74, 6) is -0.0760. The van der Waals surface area contributed by atoms with Gasteiger partial charge in [-0.15, -0.1) is 0 Å². The Labute approximate surface area is 118 Å². The monoisotopic (exact) mass is 273 g/mol. The minimum atomic E-state index is -0.0760. The second-order valence-corrected chi connectivity index (χ2v) is 4.54. The van der Waals surface area contributed by atoms with E-state index in [4.69, 9.17) is 9.84 Å². The molecule has 4 nitrogen and oxygen atoms in total. The van der Waals surface area contributed by atoms with E-state index in [-0.39, 0.29) is 12.5 Å². The lowest BCUT2D eigenvalue weighted by Gasteiger charge is -2.22. The summed E-state index contributed by atoms with van der Waals surface area (Å²) in [4.78, 5) is 14.2. The molecule has 0 atom stereocenters. The Morgan fingerprint density at radius 2 is 1.90 bits per heavy atom. The predicted molar refractivity (Wildman–Crippen MR) is 78.8 cm³/mol. The summed E-state index contributed by atoms with van der Waals surface area (Å²) in [6.45, 7) is 1.18. The number of aliphatic hydroxyl groups excluding tert-OH is 1. The van der Waals surface area contributed by atoms with E-state index < -0.39 is 0 Å². The maximum Gasteiger partial charge on any atom is 0.254 e. The summed E-state index contributed by atoms with van der Waals surface area (Å²) in [7, 11) is 1.60. The van der Waals surface area contributed by atoms with E-state index in [0.29, 0.717) is 25.3 Å². The molecule has 0 fully saturated rings. The van der Waals surface area contributed by atoms with Crippen molar-refractivity contribution in [2.75, 3.05) is 33.4 Å². The Balaban J connectivity index is 2.33. The molecule has 4 heteroatoms. The predicted octanol–water partition coefficient (Wildman–Crippen LogP) is 1.92. The average Bonchev–Trinajstić information content (AvgIpc) is 2.50. The van der Waals surface area contributed by atoms with E-state index in [9.17, 15) is 4.79 Å². The average molecular weight is 273 g/mol. The summed E-state index contributed by atoms with van der Waals surface area (Å²) in [5, 5.41) is 11.1. The normalized spacial score (nSPS) is 10.7. The number of benzene rings is 2. The van der Waals surface area contributed by atoms with Gasteiger partial charge in [0.1, 0.15) is 0 Å². The van der Waals surface area contributed by atoms with Gasteiger partial charge in [0.25, 0.3) is 5.91 Å². The van der Waals surface area contributed by atoms with Crippen molar-refractivity contribution < 1.29 is 14.6 Å². The fourth-order valence-corrected chi connectivity index (χ4v) is 2.22. The van der Waals surface area contributed by atoms with Crippen LogP contribution in [0.2, 0.25) is 0 Å². The smallest absolute Gasteiger partial charge is 0.254 e. The number of methoxy groups -OCH3 is 1. The highest BCUT2D eigenvalue weighted by Gasteiger charge is 2.17. The molecule has 2 aromatic rings. The summed E-state index contributed by atoms with van der Waals surface area (Å²) in [5.41, 5.74) is 0.660. The molecule has 0 aromatic heterocycles. The van der Waals surface area contributed by atoms with Gasteiger partial charge in [-0.25, -0.2) is 0 Å². The third kappa shape index (κ3) is 3.15. The zero-order valence-electron chi connectivity index (χ0n) is 11.6. The van der Waals surface area contributed by atoms with Gasteiger partial charge in [0, 0.05) is 25.8 Å². The number of nitrogens with zero attached hydrogens (tertiary/aromatic N) is 1. The van der Waals surface area contributed by atoms with Crippen molar-refractivity contribution in [2.45, 2.75) is 0 Å². The molecule has 1 N–H and O–H groups in total. The van der Waals surface area contributed by atoms with E-state index in [1.165, 1.54) is 0 Å². The summed E-state index contributed by atoms with van der Waals surface area (Å²) in [6.07, 6.45) is 0. The Morgan fingerprint density at radius 3 is 2.65 bits per heavy atom. The lowest BCUT2D eigenvalue weighted by atomic mass is 10.0. The van der Waals surface area contributed by atoms with E-state index in [1.54, 1.807) is 12.0 Å². The Kier molecular flexibility index (Phi) is 5.09. The van der Waals surface area contributed by atoms with E-state index >= 15 is 0 Å². The molecular formula is C16H19NO3. The van der Waals surface area contributed by atoms with Crippen LogP contribution in [0.4, 0.5) is 0 Å². The highest BCUT2D eigenvalue weighted by molar-refractivity contribution is 6.07. The first-order chi connectivity index (χ1) is 9.77. The third-order valence-corrected chi connectivity index (χ3v) is 3.24. The molecule has 0 saturated carbocycles. The van der Waals surface area contributed by atoms with Gasteiger partial charge in [-0.1, -0.05) is 36.4 Å². The highest BCUT2D eigenvalue weighted by Crippen LogP contribution is 2.19. The van der Waals surface area contributed by atoms with Gasteiger partial charge in [0.15, 0.2) is 0 Å². The molecule has 0 spiro atoms. The zero-order valence-corrected chi connectivity index (χ0v) is 11.6. The molecule has 0 saturated heterocycles. The van der Waals surface area contributed by atoms with Crippen LogP contribution in [-0.2, 0) is 4.74 Å². The second-order valence-electron chi connectivity index (χ2n) is 4.54. The van der Waals surface area contributed by atoms with Crippen LogP contribution in [0.15, 0.2) is 42.5 Å². The number of fused-ring (bicyclic) bond motifs is 1. The van der Waals surface area contributed by atoms with E-state index in [0.717, 1.165) is 10.8 Å². The van der Waals surface area contributed by atoms with Crippen molar-refractivity contribution in [2.24, 2.45) is 0 Å². The number of ether oxygens (including phenoxy) is 1. The first kappa shape index (κ1) is 14.5. The van der Waals surface area contributed by atoms with E-state index in [1.807, 2.05) is 42.5 Å². The maximum absolute atomic E-state index is 12.6. The topological polar surface area (TPSA) is 49.8 Å². The zero-order chi connectivity index (χ0) is 14.4. The quantitative estimate of drug-likeness (QED) is 0.875. The van der Waals surface area contributed by atoms with Crippen LogP contribution in [0.5, 0.6) is 0 Å². The number of carbonyl (C=O) groups is 1. The maximum atomic E-state index is 12.6. The van der Waals surface area contributed by atoms with E-state index in [2.05, 4.69) is 0 Å². The highest BCUT2D eigenvalue weighted by atomic mass is 16.5. The van der Waals surface area contributed by atoms with Crippen molar-refractivity contribution >= 4 is 16.7 Å². The molecule has 106 valence electrons.